The van der Waals surface area contributed by atoms with Crippen molar-refractivity contribution in [1.29, 1.82) is 0 Å². The Kier molecular flexibility index (Phi) is 6.42. The highest BCUT2D eigenvalue weighted by molar-refractivity contribution is 7.99. The molecule has 1 aromatic carbocycles. The highest BCUT2D eigenvalue weighted by Crippen LogP contribution is 2.29. The molecule has 27 heavy (non-hydrogen) atoms. The van der Waals surface area contributed by atoms with Crippen LogP contribution in [0.3, 0.4) is 0 Å². The average Bonchev–Trinajstić information content (AvgIpc) is 2.60. The Morgan fingerprint density at radius 1 is 1.11 bits per heavy atom. The quantitative estimate of drug-likeness (QED) is 0.561. The molecule has 12 heteroatoms. The summed E-state index contributed by atoms with van der Waals surface area (Å²) in [4.78, 5) is 14.8. The number of benzene rings is 1. The zero-order valence-corrected chi connectivity index (χ0v) is 14.8. The van der Waals surface area contributed by atoms with Crippen LogP contribution in [0.4, 0.5) is 27.6 Å². The fraction of sp³-hybridized carbons (Fsp3) is 0.200. The maximum absolute atomic E-state index is 12.4. The molecule has 1 aromatic heterocycles. The van der Waals surface area contributed by atoms with Crippen molar-refractivity contribution < 1.29 is 35.2 Å². The predicted octanol–water partition coefficient (Wildman–Crippen LogP) is 3.83. The van der Waals surface area contributed by atoms with Gasteiger partial charge in [-0.05, 0) is 36.4 Å². The number of nitrogens with zero attached hydrogens (tertiary/aromatic N) is 1. The van der Waals surface area contributed by atoms with Gasteiger partial charge in [0.25, 0.3) is 0 Å². The molecule has 0 spiro atoms. The molecule has 0 atom stereocenters. The van der Waals surface area contributed by atoms with Crippen LogP contribution in [0, 0.1) is 0 Å². The number of anilines is 1. The fourth-order valence-corrected chi connectivity index (χ4v) is 3.16. The Morgan fingerprint density at radius 3 is 2.22 bits per heavy atom. The van der Waals surface area contributed by atoms with Crippen LogP contribution < -0.4 is 5.32 Å². The first kappa shape index (κ1) is 21.1. The van der Waals surface area contributed by atoms with Gasteiger partial charge in [-0.1, -0.05) is 11.8 Å². The van der Waals surface area contributed by atoms with Crippen LogP contribution in [0.25, 0.3) is 0 Å². The van der Waals surface area contributed by atoms with Gasteiger partial charge in [-0.3, -0.25) is 4.79 Å². The van der Waals surface area contributed by atoms with E-state index < -0.39 is 38.1 Å². The van der Waals surface area contributed by atoms with Crippen molar-refractivity contribution in [2.45, 2.75) is 21.9 Å². The number of thioether (sulfide) groups is 1. The normalized spacial score (nSPS) is 12.2. The van der Waals surface area contributed by atoms with Crippen molar-refractivity contribution in [1.82, 2.24) is 4.98 Å². The lowest BCUT2D eigenvalue weighted by Gasteiger charge is -2.08. The number of carbonyl (C=O) groups is 1. The summed E-state index contributed by atoms with van der Waals surface area (Å²) in [5.74, 6) is -4.26. The van der Waals surface area contributed by atoms with E-state index in [0.717, 1.165) is 48.2 Å². The third kappa shape index (κ3) is 5.63. The number of pyridine rings is 1. The minimum atomic E-state index is -4.72. The SMILES string of the molecule is O=C(CSc1ccc(C(F)(F)F)cn1)Nc1ccc(S(=O)(=O)C(F)F)cc1. The summed E-state index contributed by atoms with van der Waals surface area (Å²) in [7, 11) is -4.72. The third-order valence-electron chi connectivity index (χ3n) is 3.12. The molecule has 146 valence electrons. The summed E-state index contributed by atoms with van der Waals surface area (Å²) in [5, 5.41) is 2.61. The number of nitrogens with one attached hydrogen (secondary N) is 1. The van der Waals surface area contributed by atoms with E-state index in [4.69, 9.17) is 0 Å². The molecule has 0 aliphatic heterocycles. The first-order valence-corrected chi connectivity index (χ1v) is 9.61. The molecule has 1 heterocycles. The summed E-state index contributed by atoms with van der Waals surface area (Å²) in [6.07, 6.45) is -3.85. The summed E-state index contributed by atoms with van der Waals surface area (Å²) in [6.45, 7) is 0. The predicted molar refractivity (Wildman–Crippen MR) is 88.2 cm³/mol. The highest BCUT2D eigenvalue weighted by atomic mass is 32.2. The van der Waals surface area contributed by atoms with Crippen molar-refractivity contribution in [2.24, 2.45) is 0 Å². The maximum atomic E-state index is 12.4. The van der Waals surface area contributed by atoms with Gasteiger partial charge in [0, 0.05) is 11.9 Å². The van der Waals surface area contributed by atoms with E-state index in [1.165, 1.54) is 0 Å². The number of alkyl halides is 5. The van der Waals surface area contributed by atoms with Crippen molar-refractivity contribution in [3.63, 3.8) is 0 Å². The number of carbonyl (C=O) groups excluding carboxylic acids is 1. The molecule has 0 radical (unpaired) electrons. The smallest absolute Gasteiger partial charge is 0.325 e. The van der Waals surface area contributed by atoms with E-state index in [2.05, 4.69) is 10.3 Å². The lowest BCUT2D eigenvalue weighted by Crippen LogP contribution is -2.15. The second-order valence-electron chi connectivity index (χ2n) is 5.05. The van der Waals surface area contributed by atoms with Gasteiger partial charge in [-0.15, -0.1) is 0 Å². The number of halogens is 5. The summed E-state index contributed by atoms with van der Waals surface area (Å²) < 4.78 is 84.7. The Balaban J connectivity index is 1.92. The molecule has 1 amide bonds. The minimum absolute atomic E-state index is 0.171. The van der Waals surface area contributed by atoms with Gasteiger partial charge in [0.05, 0.1) is 21.2 Å². The monoisotopic (exact) mass is 426 g/mol. The first-order valence-electron chi connectivity index (χ1n) is 7.08. The molecule has 0 aliphatic carbocycles. The minimum Gasteiger partial charge on any atom is -0.325 e. The van der Waals surface area contributed by atoms with Crippen LogP contribution in [-0.4, -0.2) is 30.8 Å². The second kappa shape index (κ2) is 8.21. The molecule has 2 aromatic rings. The topological polar surface area (TPSA) is 76.1 Å². The van der Waals surface area contributed by atoms with Gasteiger partial charge in [0.2, 0.25) is 15.7 Å². The van der Waals surface area contributed by atoms with Crippen LogP contribution >= 0.6 is 11.8 Å². The van der Waals surface area contributed by atoms with Crippen LogP contribution in [-0.2, 0) is 20.8 Å². The lowest BCUT2D eigenvalue weighted by atomic mass is 10.3. The standard InChI is InChI=1S/C15H11F5N2O3S2/c16-14(17)27(24,25)11-4-2-10(3-5-11)22-12(23)8-26-13-6-1-9(7-21-13)15(18,19)20/h1-7,14H,8H2,(H,22,23). The number of aromatic nitrogens is 1. The molecule has 1 N–H and O–H groups in total. The van der Waals surface area contributed by atoms with E-state index in [-0.39, 0.29) is 16.5 Å². The third-order valence-corrected chi connectivity index (χ3v) is 5.46. The van der Waals surface area contributed by atoms with Gasteiger partial charge in [0.1, 0.15) is 0 Å². The number of hydrogen-bond donors (Lipinski definition) is 1. The number of sulfone groups is 1. The van der Waals surface area contributed by atoms with Crippen LogP contribution in [0.1, 0.15) is 5.56 Å². The molecule has 5 nitrogen and oxygen atoms in total. The number of rotatable bonds is 6. The zero-order chi connectivity index (χ0) is 20.2. The largest absolute Gasteiger partial charge is 0.417 e. The van der Waals surface area contributed by atoms with E-state index >= 15 is 0 Å². The van der Waals surface area contributed by atoms with Crippen molar-refractivity contribution in [3.8, 4) is 0 Å². The zero-order valence-electron chi connectivity index (χ0n) is 13.2. The fourth-order valence-electron chi connectivity index (χ4n) is 1.80. The first-order chi connectivity index (χ1) is 12.5. The van der Waals surface area contributed by atoms with Gasteiger partial charge in [0.15, 0.2) is 0 Å². The van der Waals surface area contributed by atoms with Gasteiger partial charge in [-0.25, -0.2) is 13.4 Å². The average molecular weight is 426 g/mol. The van der Waals surface area contributed by atoms with E-state index in [1.807, 2.05) is 0 Å². The summed E-state index contributed by atoms with van der Waals surface area (Å²) in [6, 6.07) is 6.13. The Hall–Kier alpha value is -2.21. The highest BCUT2D eigenvalue weighted by Gasteiger charge is 2.30. The molecule has 0 bridgehead atoms. The second-order valence-corrected chi connectivity index (χ2v) is 7.96. The van der Waals surface area contributed by atoms with Crippen molar-refractivity contribution >= 4 is 33.2 Å². The Morgan fingerprint density at radius 2 is 1.74 bits per heavy atom. The van der Waals surface area contributed by atoms with Gasteiger partial charge < -0.3 is 5.32 Å². The molecule has 0 aliphatic rings. The maximum Gasteiger partial charge on any atom is 0.417 e. The molecule has 0 unspecified atom stereocenters. The molecule has 2 rings (SSSR count). The summed E-state index contributed by atoms with van der Waals surface area (Å²) >= 11 is 0.893. The van der Waals surface area contributed by atoms with E-state index in [1.54, 1.807) is 0 Å². The van der Waals surface area contributed by atoms with Crippen molar-refractivity contribution in [2.75, 3.05) is 11.1 Å². The summed E-state index contributed by atoms with van der Waals surface area (Å²) in [5.41, 5.74) is -0.732. The molecular formula is C15H11F5N2O3S2. The lowest BCUT2D eigenvalue weighted by molar-refractivity contribution is -0.137. The van der Waals surface area contributed by atoms with Crippen molar-refractivity contribution in [3.05, 3.63) is 48.2 Å². The number of amides is 1. The molecule has 0 saturated heterocycles. The van der Waals surface area contributed by atoms with Crippen LogP contribution in [0.2, 0.25) is 0 Å². The van der Waals surface area contributed by atoms with E-state index in [9.17, 15) is 35.2 Å². The molecule has 0 saturated carbocycles. The van der Waals surface area contributed by atoms with Crippen LogP contribution in [0.5, 0.6) is 0 Å². The molecule has 0 fully saturated rings. The van der Waals surface area contributed by atoms with E-state index in [0.29, 0.717) is 6.20 Å². The molecular weight excluding hydrogens is 415 g/mol. The number of hydrogen-bond acceptors (Lipinski definition) is 5. The van der Waals surface area contributed by atoms with Gasteiger partial charge in [-0.2, -0.15) is 22.0 Å². The Labute approximate surface area is 154 Å². The van der Waals surface area contributed by atoms with Gasteiger partial charge >= 0.3 is 11.9 Å². The Bertz CT molecular complexity index is 899. The van der Waals surface area contributed by atoms with Crippen LogP contribution in [0.15, 0.2) is 52.5 Å².